The van der Waals surface area contributed by atoms with E-state index in [0.717, 1.165) is 17.9 Å². The number of hydrogen-bond acceptors (Lipinski definition) is 3. The van der Waals surface area contributed by atoms with Crippen LogP contribution in [0.25, 0.3) is 0 Å². The molecule has 0 aliphatic heterocycles. The minimum Gasteiger partial charge on any atom is -0.496 e. The van der Waals surface area contributed by atoms with E-state index >= 15 is 0 Å². The number of aliphatic hydroxyl groups is 1. The second-order valence-corrected chi connectivity index (χ2v) is 3.88. The van der Waals surface area contributed by atoms with Crippen LogP contribution in [0.15, 0.2) is 24.3 Å². The van der Waals surface area contributed by atoms with Crippen molar-refractivity contribution in [2.75, 3.05) is 34.4 Å². The third-order valence-corrected chi connectivity index (χ3v) is 2.38. The first-order valence-corrected chi connectivity index (χ1v) is 5.07. The topological polar surface area (TPSA) is 32.7 Å². The Balaban J connectivity index is 2.90. The fourth-order valence-electron chi connectivity index (χ4n) is 1.70. The van der Waals surface area contributed by atoms with Crippen LogP contribution < -0.4 is 4.74 Å². The van der Waals surface area contributed by atoms with Gasteiger partial charge in [0, 0.05) is 18.0 Å². The highest BCUT2D eigenvalue weighted by Gasteiger charge is 2.15. The number of aliphatic hydroxyl groups excluding tert-OH is 1. The van der Waals surface area contributed by atoms with Crippen LogP contribution in [-0.4, -0.2) is 44.4 Å². The molecule has 0 amide bonds. The van der Waals surface area contributed by atoms with Crippen molar-refractivity contribution in [3.8, 4) is 5.75 Å². The molecule has 15 heavy (non-hydrogen) atoms. The minimum atomic E-state index is 0.108. The van der Waals surface area contributed by atoms with Gasteiger partial charge in [0.25, 0.3) is 0 Å². The maximum absolute atomic E-state index is 9.37. The first-order chi connectivity index (χ1) is 7.19. The Morgan fingerprint density at radius 3 is 2.53 bits per heavy atom. The van der Waals surface area contributed by atoms with E-state index in [-0.39, 0.29) is 12.5 Å². The van der Waals surface area contributed by atoms with Gasteiger partial charge in [-0.05, 0) is 20.2 Å². The fraction of sp³-hybridized carbons (Fsp3) is 0.500. The zero-order chi connectivity index (χ0) is 11.3. The number of hydrogen-bond donors (Lipinski definition) is 1. The summed E-state index contributed by atoms with van der Waals surface area (Å²) in [6, 6.07) is 7.83. The average Bonchev–Trinajstić information content (AvgIpc) is 2.25. The van der Waals surface area contributed by atoms with Crippen LogP contribution in [0.2, 0.25) is 0 Å². The molecule has 1 aromatic rings. The number of benzene rings is 1. The lowest BCUT2D eigenvalue weighted by atomic mass is 9.98. The summed E-state index contributed by atoms with van der Waals surface area (Å²) < 4.78 is 5.28. The quantitative estimate of drug-likeness (QED) is 0.794. The van der Waals surface area contributed by atoms with Crippen LogP contribution in [-0.2, 0) is 0 Å². The molecule has 0 aliphatic rings. The fourth-order valence-corrected chi connectivity index (χ4v) is 1.70. The second kappa shape index (κ2) is 5.73. The van der Waals surface area contributed by atoms with Crippen molar-refractivity contribution in [2.24, 2.45) is 0 Å². The third-order valence-electron chi connectivity index (χ3n) is 2.38. The van der Waals surface area contributed by atoms with E-state index < -0.39 is 0 Å². The Morgan fingerprint density at radius 1 is 1.33 bits per heavy atom. The van der Waals surface area contributed by atoms with Crippen LogP contribution >= 0.6 is 0 Å². The van der Waals surface area contributed by atoms with Crippen LogP contribution in [0.1, 0.15) is 11.5 Å². The van der Waals surface area contributed by atoms with E-state index in [1.54, 1.807) is 7.11 Å². The highest BCUT2D eigenvalue weighted by atomic mass is 16.5. The summed E-state index contributed by atoms with van der Waals surface area (Å²) >= 11 is 0. The monoisotopic (exact) mass is 209 g/mol. The molecule has 84 valence electrons. The molecular formula is C12H19NO2. The molecule has 0 heterocycles. The molecule has 0 aliphatic carbocycles. The zero-order valence-corrected chi connectivity index (χ0v) is 9.60. The van der Waals surface area contributed by atoms with E-state index in [1.807, 2.05) is 38.4 Å². The van der Waals surface area contributed by atoms with Crippen molar-refractivity contribution < 1.29 is 9.84 Å². The summed E-state index contributed by atoms with van der Waals surface area (Å²) in [6.45, 7) is 0.954. The maximum atomic E-state index is 9.37. The van der Waals surface area contributed by atoms with E-state index in [4.69, 9.17) is 4.74 Å². The van der Waals surface area contributed by atoms with Gasteiger partial charge in [-0.2, -0.15) is 0 Å². The number of para-hydroxylation sites is 1. The number of nitrogens with zero attached hydrogens (tertiary/aromatic N) is 1. The summed E-state index contributed by atoms with van der Waals surface area (Å²) in [5.41, 5.74) is 1.07. The molecule has 0 spiro atoms. The molecule has 0 fully saturated rings. The zero-order valence-electron chi connectivity index (χ0n) is 9.60. The van der Waals surface area contributed by atoms with Gasteiger partial charge in [-0.25, -0.2) is 0 Å². The summed E-state index contributed by atoms with van der Waals surface area (Å²) in [4.78, 5) is 2.06. The largest absolute Gasteiger partial charge is 0.496 e. The lowest BCUT2D eigenvalue weighted by Crippen LogP contribution is -2.23. The van der Waals surface area contributed by atoms with Crippen LogP contribution in [0.4, 0.5) is 0 Å². The van der Waals surface area contributed by atoms with Gasteiger partial charge in [-0.1, -0.05) is 18.2 Å². The van der Waals surface area contributed by atoms with Gasteiger partial charge < -0.3 is 14.7 Å². The molecule has 0 saturated carbocycles. The Morgan fingerprint density at radius 2 is 2.00 bits per heavy atom. The van der Waals surface area contributed by atoms with Crippen molar-refractivity contribution in [3.63, 3.8) is 0 Å². The second-order valence-electron chi connectivity index (χ2n) is 3.88. The summed E-state index contributed by atoms with van der Waals surface area (Å²) in [7, 11) is 5.65. The molecule has 0 bridgehead atoms. The van der Waals surface area contributed by atoms with Crippen LogP contribution in [0, 0.1) is 0 Å². The molecule has 3 nitrogen and oxygen atoms in total. The Labute approximate surface area is 91.3 Å². The van der Waals surface area contributed by atoms with E-state index in [0.29, 0.717) is 0 Å². The molecule has 1 unspecified atom stereocenters. The molecule has 1 N–H and O–H groups in total. The Hall–Kier alpha value is -1.06. The highest BCUT2D eigenvalue weighted by molar-refractivity contribution is 5.36. The first-order valence-electron chi connectivity index (χ1n) is 5.07. The highest BCUT2D eigenvalue weighted by Crippen LogP contribution is 2.26. The molecular weight excluding hydrogens is 190 g/mol. The predicted octanol–water partition coefficient (Wildman–Crippen LogP) is 1.33. The van der Waals surface area contributed by atoms with Crippen molar-refractivity contribution in [1.29, 1.82) is 0 Å². The predicted molar refractivity (Wildman–Crippen MR) is 61.4 cm³/mol. The van der Waals surface area contributed by atoms with Gasteiger partial charge in [0.1, 0.15) is 5.75 Å². The first kappa shape index (κ1) is 12.0. The van der Waals surface area contributed by atoms with Crippen molar-refractivity contribution in [1.82, 2.24) is 4.90 Å². The molecule has 3 heteroatoms. The van der Waals surface area contributed by atoms with Gasteiger partial charge in [0.2, 0.25) is 0 Å². The molecule has 1 rings (SSSR count). The summed E-state index contributed by atoms with van der Waals surface area (Å²) in [6.07, 6.45) is 0. The maximum Gasteiger partial charge on any atom is 0.122 e. The van der Waals surface area contributed by atoms with Gasteiger partial charge in [0.15, 0.2) is 0 Å². The van der Waals surface area contributed by atoms with Gasteiger partial charge in [-0.15, -0.1) is 0 Å². The lowest BCUT2D eigenvalue weighted by molar-refractivity contribution is 0.232. The smallest absolute Gasteiger partial charge is 0.122 e. The Bertz CT molecular complexity index is 299. The molecule has 0 radical (unpaired) electrons. The SMILES string of the molecule is COc1ccccc1C(CO)CN(C)C. The lowest BCUT2D eigenvalue weighted by Gasteiger charge is -2.21. The molecule has 1 atom stereocenters. The number of methoxy groups -OCH3 is 1. The Kier molecular flexibility index (Phi) is 4.59. The van der Waals surface area contributed by atoms with E-state index in [9.17, 15) is 5.11 Å². The van der Waals surface area contributed by atoms with Crippen LogP contribution in [0.3, 0.4) is 0 Å². The molecule has 1 aromatic carbocycles. The van der Waals surface area contributed by atoms with Crippen molar-refractivity contribution in [2.45, 2.75) is 5.92 Å². The number of ether oxygens (including phenoxy) is 1. The summed E-state index contributed by atoms with van der Waals surface area (Å²) in [5.74, 6) is 0.953. The standard InChI is InChI=1S/C12H19NO2/c1-13(2)8-10(9-14)11-6-4-5-7-12(11)15-3/h4-7,10,14H,8-9H2,1-3H3. The third kappa shape index (κ3) is 3.22. The van der Waals surface area contributed by atoms with Gasteiger partial charge in [-0.3, -0.25) is 0 Å². The van der Waals surface area contributed by atoms with E-state index in [2.05, 4.69) is 4.90 Å². The van der Waals surface area contributed by atoms with Crippen molar-refractivity contribution in [3.05, 3.63) is 29.8 Å². The average molecular weight is 209 g/mol. The number of rotatable bonds is 5. The van der Waals surface area contributed by atoms with Crippen LogP contribution in [0.5, 0.6) is 5.75 Å². The normalized spacial score (nSPS) is 12.9. The minimum absolute atomic E-state index is 0.108. The summed E-state index contributed by atoms with van der Waals surface area (Å²) in [5, 5.41) is 9.37. The van der Waals surface area contributed by atoms with Gasteiger partial charge in [0.05, 0.1) is 13.7 Å². The molecule has 0 saturated heterocycles. The van der Waals surface area contributed by atoms with E-state index in [1.165, 1.54) is 0 Å². The number of likely N-dealkylation sites (N-methyl/N-ethyl adjacent to an activating group) is 1. The molecule has 0 aromatic heterocycles. The van der Waals surface area contributed by atoms with Gasteiger partial charge >= 0.3 is 0 Å². The van der Waals surface area contributed by atoms with Crippen molar-refractivity contribution >= 4 is 0 Å².